The largest absolute Gasteiger partial charge is 0.385 e. The lowest BCUT2D eigenvalue weighted by Gasteiger charge is -2.38. The van der Waals surface area contributed by atoms with E-state index in [9.17, 15) is 18.8 Å². The highest BCUT2D eigenvalue weighted by Gasteiger charge is 2.38. The minimum Gasteiger partial charge on any atom is -0.385 e. The summed E-state index contributed by atoms with van der Waals surface area (Å²) in [6, 6.07) is 15.0. The first-order chi connectivity index (χ1) is 10.9. The molecule has 1 aliphatic heterocycles. The van der Waals surface area contributed by atoms with Gasteiger partial charge in [-0.05, 0) is 31.5 Å². The average Bonchev–Trinajstić information content (AvgIpc) is 2.54. The monoisotopic (exact) mass is 328 g/mol. The standard InChI is InChI=1S/C17H16N2O3S/c1-17(20)10-11-19(15-8-4-3-7-14(15)17)23(21,22)16-9-5-2-6-13(16)12-18/h2-9,20H,10-11H2,1H3. The fraction of sp³-hybridized carbons (Fsp3) is 0.235. The Kier molecular flexibility index (Phi) is 3.63. The molecular weight excluding hydrogens is 312 g/mol. The molecule has 2 aromatic rings. The molecule has 0 bridgehead atoms. The van der Waals surface area contributed by atoms with Crippen molar-refractivity contribution in [3.05, 3.63) is 59.7 Å². The van der Waals surface area contributed by atoms with Gasteiger partial charge in [0, 0.05) is 12.1 Å². The Morgan fingerprint density at radius 2 is 1.83 bits per heavy atom. The third kappa shape index (κ3) is 2.48. The number of aliphatic hydroxyl groups is 1. The van der Waals surface area contributed by atoms with Crippen molar-refractivity contribution < 1.29 is 13.5 Å². The van der Waals surface area contributed by atoms with Gasteiger partial charge in [0.25, 0.3) is 10.0 Å². The van der Waals surface area contributed by atoms with Gasteiger partial charge >= 0.3 is 0 Å². The maximum absolute atomic E-state index is 13.0. The second-order valence-electron chi connectivity index (χ2n) is 5.73. The quantitative estimate of drug-likeness (QED) is 0.917. The Bertz CT molecular complexity index is 898. The third-order valence-corrected chi connectivity index (χ3v) is 6.00. The molecule has 0 fully saturated rings. The van der Waals surface area contributed by atoms with Crippen LogP contribution in [-0.2, 0) is 15.6 Å². The summed E-state index contributed by atoms with van der Waals surface area (Å²) in [5.74, 6) is 0. The maximum atomic E-state index is 13.0. The molecule has 0 aliphatic carbocycles. The van der Waals surface area contributed by atoms with Crippen molar-refractivity contribution in [2.24, 2.45) is 0 Å². The molecule has 118 valence electrons. The van der Waals surface area contributed by atoms with Crippen LogP contribution < -0.4 is 4.31 Å². The van der Waals surface area contributed by atoms with Crippen LogP contribution in [-0.4, -0.2) is 20.1 Å². The van der Waals surface area contributed by atoms with Crippen molar-refractivity contribution >= 4 is 15.7 Å². The zero-order chi connectivity index (χ0) is 16.7. The third-order valence-electron chi connectivity index (χ3n) is 4.13. The molecule has 0 radical (unpaired) electrons. The van der Waals surface area contributed by atoms with Crippen LogP contribution in [0, 0.1) is 11.3 Å². The Morgan fingerprint density at radius 1 is 1.17 bits per heavy atom. The first-order valence-corrected chi connectivity index (χ1v) is 8.66. The highest BCUT2D eigenvalue weighted by molar-refractivity contribution is 7.92. The molecule has 0 aromatic heterocycles. The summed E-state index contributed by atoms with van der Waals surface area (Å²) in [5, 5.41) is 19.7. The predicted molar refractivity (Wildman–Crippen MR) is 86.3 cm³/mol. The normalized spacial score (nSPS) is 20.7. The van der Waals surface area contributed by atoms with Crippen molar-refractivity contribution in [1.82, 2.24) is 0 Å². The van der Waals surface area contributed by atoms with Gasteiger partial charge in [-0.25, -0.2) is 8.42 Å². The van der Waals surface area contributed by atoms with E-state index < -0.39 is 15.6 Å². The van der Waals surface area contributed by atoms with E-state index in [-0.39, 0.29) is 23.4 Å². The highest BCUT2D eigenvalue weighted by Crippen LogP contribution is 2.40. The molecule has 1 N–H and O–H groups in total. The smallest absolute Gasteiger partial charge is 0.265 e. The Balaban J connectivity index is 2.18. The zero-order valence-corrected chi connectivity index (χ0v) is 13.4. The number of hydrogen-bond acceptors (Lipinski definition) is 4. The molecule has 3 rings (SSSR count). The summed E-state index contributed by atoms with van der Waals surface area (Å²) in [6.07, 6.45) is 0.290. The van der Waals surface area contributed by atoms with Crippen molar-refractivity contribution in [2.45, 2.75) is 23.8 Å². The van der Waals surface area contributed by atoms with Gasteiger partial charge < -0.3 is 5.11 Å². The van der Waals surface area contributed by atoms with Gasteiger partial charge in [-0.1, -0.05) is 30.3 Å². The number of fused-ring (bicyclic) bond motifs is 1. The fourth-order valence-corrected chi connectivity index (χ4v) is 4.50. The topological polar surface area (TPSA) is 81.4 Å². The number of nitrogens with zero attached hydrogens (tertiary/aromatic N) is 2. The summed E-state index contributed by atoms with van der Waals surface area (Å²) in [4.78, 5) is -0.0150. The van der Waals surface area contributed by atoms with E-state index in [0.717, 1.165) is 0 Å². The molecule has 0 amide bonds. The molecule has 1 aliphatic rings. The van der Waals surface area contributed by atoms with Gasteiger partial charge in [0.05, 0.1) is 16.9 Å². The summed E-state index contributed by atoms with van der Waals surface area (Å²) < 4.78 is 27.3. The Labute approximate surface area is 135 Å². The van der Waals surface area contributed by atoms with Crippen molar-refractivity contribution in [2.75, 3.05) is 10.8 Å². The SMILES string of the molecule is CC1(O)CCN(S(=O)(=O)c2ccccc2C#N)c2ccccc21. The number of anilines is 1. The number of benzene rings is 2. The first kappa shape index (κ1) is 15.5. The Hall–Kier alpha value is -2.36. The molecule has 0 saturated carbocycles. The minimum atomic E-state index is -3.87. The molecule has 6 heteroatoms. The summed E-state index contributed by atoms with van der Waals surface area (Å²) in [6.45, 7) is 1.84. The van der Waals surface area contributed by atoms with Gasteiger partial charge in [-0.2, -0.15) is 5.26 Å². The van der Waals surface area contributed by atoms with Gasteiger partial charge in [0.1, 0.15) is 11.0 Å². The van der Waals surface area contributed by atoms with E-state index >= 15 is 0 Å². The summed E-state index contributed by atoms with van der Waals surface area (Å²) in [5.41, 5.74) is 0.0697. The second kappa shape index (κ2) is 5.37. The number of sulfonamides is 1. The molecule has 2 aromatic carbocycles. The van der Waals surface area contributed by atoms with Crippen LogP contribution in [0.5, 0.6) is 0 Å². The second-order valence-corrected chi connectivity index (χ2v) is 7.56. The van der Waals surface area contributed by atoms with E-state index in [2.05, 4.69) is 0 Å². The first-order valence-electron chi connectivity index (χ1n) is 7.22. The van der Waals surface area contributed by atoms with Gasteiger partial charge in [-0.3, -0.25) is 4.31 Å². The molecule has 0 saturated heterocycles. The summed E-state index contributed by atoms with van der Waals surface area (Å²) in [7, 11) is -3.87. The van der Waals surface area contributed by atoms with E-state index in [1.807, 2.05) is 6.07 Å². The number of hydrogen-bond donors (Lipinski definition) is 1. The lowest BCUT2D eigenvalue weighted by molar-refractivity contribution is 0.0472. The number of nitriles is 1. The van der Waals surface area contributed by atoms with Crippen LogP contribution in [0.25, 0.3) is 0 Å². The van der Waals surface area contributed by atoms with E-state index in [1.54, 1.807) is 43.3 Å². The lowest BCUT2D eigenvalue weighted by Crippen LogP contribution is -2.42. The van der Waals surface area contributed by atoms with Gasteiger partial charge in [-0.15, -0.1) is 0 Å². The molecule has 23 heavy (non-hydrogen) atoms. The molecule has 1 unspecified atom stereocenters. The fourth-order valence-electron chi connectivity index (χ4n) is 2.87. The molecule has 1 atom stereocenters. The van der Waals surface area contributed by atoms with Gasteiger partial charge in [0.15, 0.2) is 0 Å². The zero-order valence-electron chi connectivity index (χ0n) is 12.6. The van der Waals surface area contributed by atoms with Gasteiger partial charge in [0.2, 0.25) is 0 Å². The number of para-hydroxylation sites is 1. The van der Waals surface area contributed by atoms with E-state index in [4.69, 9.17) is 0 Å². The molecule has 1 heterocycles. The van der Waals surface area contributed by atoms with Crippen LogP contribution >= 0.6 is 0 Å². The molecular formula is C17H16N2O3S. The van der Waals surface area contributed by atoms with E-state index in [0.29, 0.717) is 11.3 Å². The van der Waals surface area contributed by atoms with Crippen LogP contribution in [0.2, 0.25) is 0 Å². The van der Waals surface area contributed by atoms with Crippen LogP contribution in [0.3, 0.4) is 0 Å². The Morgan fingerprint density at radius 3 is 2.57 bits per heavy atom. The lowest BCUT2D eigenvalue weighted by atomic mass is 9.88. The minimum absolute atomic E-state index is 0.0150. The molecule has 0 spiro atoms. The average molecular weight is 328 g/mol. The molecule has 5 nitrogen and oxygen atoms in total. The number of rotatable bonds is 2. The predicted octanol–water partition coefficient (Wildman–Crippen LogP) is 2.36. The van der Waals surface area contributed by atoms with E-state index in [1.165, 1.54) is 16.4 Å². The van der Waals surface area contributed by atoms with Crippen LogP contribution in [0.4, 0.5) is 5.69 Å². The van der Waals surface area contributed by atoms with Crippen LogP contribution in [0.1, 0.15) is 24.5 Å². The maximum Gasteiger partial charge on any atom is 0.265 e. The van der Waals surface area contributed by atoms with Crippen molar-refractivity contribution in [3.63, 3.8) is 0 Å². The summed E-state index contributed by atoms with van der Waals surface area (Å²) >= 11 is 0. The van der Waals surface area contributed by atoms with Crippen LogP contribution in [0.15, 0.2) is 53.4 Å². The van der Waals surface area contributed by atoms with Crippen molar-refractivity contribution in [3.8, 4) is 6.07 Å². The highest BCUT2D eigenvalue weighted by atomic mass is 32.2. The van der Waals surface area contributed by atoms with Crippen molar-refractivity contribution in [1.29, 1.82) is 5.26 Å².